The van der Waals surface area contributed by atoms with Gasteiger partial charge in [-0.05, 0) is 41.8 Å². The molecule has 4 heteroatoms. The third kappa shape index (κ3) is 3.64. The summed E-state index contributed by atoms with van der Waals surface area (Å²) in [6.45, 7) is 0. The number of rotatable bonds is 5. The highest BCUT2D eigenvalue weighted by Crippen LogP contribution is 2.25. The summed E-state index contributed by atoms with van der Waals surface area (Å²) < 4.78 is 0. The fraction of sp³-hybridized carbons (Fsp3) is 0.222. The second-order valence-electron chi connectivity index (χ2n) is 5.39. The number of hydrogen-bond donors (Lipinski definition) is 1. The molecule has 0 heterocycles. The Balaban J connectivity index is 2.28. The highest BCUT2D eigenvalue weighted by Gasteiger charge is 2.20. The average Bonchev–Trinajstić information content (AvgIpc) is 2.53. The van der Waals surface area contributed by atoms with E-state index in [0.29, 0.717) is 12.0 Å². The molecule has 0 aromatic heterocycles. The second kappa shape index (κ2) is 6.77. The third-order valence-electron chi connectivity index (χ3n) is 3.61. The largest absolute Gasteiger partial charge is 0.481 e. The fourth-order valence-electron chi connectivity index (χ4n) is 2.32. The lowest BCUT2D eigenvalue weighted by molar-refractivity contribution is -0.138. The molecule has 0 bridgehead atoms. The van der Waals surface area contributed by atoms with E-state index in [9.17, 15) is 9.90 Å². The van der Waals surface area contributed by atoms with E-state index in [0.717, 1.165) is 16.8 Å². The van der Waals surface area contributed by atoms with Crippen molar-refractivity contribution in [3.8, 4) is 6.07 Å². The van der Waals surface area contributed by atoms with Crippen LogP contribution in [0, 0.1) is 11.3 Å². The van der Waals surface area contributed by atoms with Crippen molar-refractivity contribution >= 4 is 11.7 Å². The van der Waals surface area contributed by atoms with Gasteiger partial charge in [0, 0.05) is 19.8 Å². The van der Waals surface area contributed by atoms with Gasteiger partial charge >= 0.3 is 5.97 Å². The van der Waals surface area contributed by atoms with E-state index in [-0.39, 0.29) is 0 Å². The van der Waals surface area contributed by atoms with E-state index in [1.54, 1.807) is 12.1 Å². The summed E-state index contributed by atoms with van der Waals surface area (Å²) in [7, 11) is 3.85. The van der Waals surface area contributed by atoms with Crippen molar-refractivity contribution in [1.29, 1.82) is 5.26 Å². The van der Waals surface area contributed by atoms with Crippen molar-refractivity contribution in [1.82, 2.24) is 0 Å². The fourth-order valence-corrected chi connectivity index (χ4v) is 2.32. The number of carboxylic acid groups (broad SMARTS) is 1. The molecule has 0 amide bonds. The van der Waals surface area contributed by atoms with E-state index in [4.69, 9.17) is 5.26 Å². The van der Waals surface area contributed by atoms with Gasteiger partial charge in [-0.1, -0.05) is 24.3 Å². The minimum absolute atomic E-state index is 0.401. The molecule has 1 unspecified atom stereocenters. The Kier molecular flexibility index (Phi) is 4.80. The highest BCUT2D eigenvalue weighted by molar-refractivity contribution is 5.77. The van der Waals surface area contributed by atoms with Crippen molar-refractivity contribution in [2.24, 2.45) is 0 Å². The van der Waals surface area contributed by atoms with Gasteiger partial charge in [0.05, 0.1) is 17.6 Å². The van der Waals surface area contributed by atoms with E-state index < -0.39 is 11.9 Å². The Morgan fingerprint density at radius 2 is 1.91 bits per heavy atom. The van der Waals surface area contributed by atoms with Gasteiger partial charge in [0.15, 0.2) is 0 Å². The predicted molar refractivity (Wildman–Crippen MR) is 86.0 cm³/mol. The first-order valence-electron chi connectivity index (χ1n) is 7.00. The molecule has 2 aromatic rings. The van der Waals surface area contributed by atoms with Crippen molar-refractivity contribution < 1.29 is 9.90 Å². The molecule has 0 aliphatic carbocycles. The zero-order chi connectivity index (χ0) is 16.1. The minimum Gasteiger partial charge on any atom is -0.481 e. The van der Waals surface area contributed by atoms with Crippen LogP contribution in [-0.2, 0) is 11.2 Å². The maximum Gasteiger partial charge on any atom is 0.311 e. The first-order valence-corrected chi connectivity index (χ1v) is 7.00. The quantitative estimate of drug-likeness (QED) is 0.920. The highest BCUT2D eigenvalue weighted by atomic mass is 16.4. The summed E-state index contributed by atoms with van der Waals surface area (Å²) in [6.07, 6.45) is 0.401. The molecular weight excluding hydrogens is 276 g/mol. The van der Waals surface area contributed by atoms with E-state index in [1.807, 2.05) is 55.4 Å². The standard InChI is InChI=1S/C18H18N2O2/c1-20(2)16-5-3-4-15(11-16)17(18(21)22)10-13-6-8-14(12-19)9-7-13/h3-9,11,17H,10H2,1-2H3,(H,21,22). The molecule has 112 valence electrons. The molecule has 22 heavy (non-hydrogen) atoms. The normalized spacial score (nSPS) is 11.5. The summed E-state index contributed by atoms with van der Waals surface area (Å²) >= 11 is 0. The van der Waals surface area contributed by atoms with Crippen molar-refractivity contribution in [3.05, 3.63) is 65.2 Å². The number of nitrogens with zero attached hydrogens (tertiary/aromatic N) is 2. The van der Waals surface area contributed by atoms with Gasteiger partial charge in [-0.2, -0.15) is 5.26 Å². The van der Waals surface area contributed by atoms with Gasteiger partial charge in [-0.3, -0.25) is 4.79 Å². The Morgan fingerprint density at radius 1 is 1.23 bits per heavy atom. The van der Waals surface area contributed by atoms with Crippen LogP contribution in [-0.4, -0.2) is 25.2 Å². The van der Waals surface area contributed by atoms with Gasteiger partial charge in [-0.25, -0.2) is 0 Å². The number of carbonyl (C=O) groups is 1. The Labute approximate surface area is 130 Å². The number of carboxylic acids is 1. The maximum atomic E-state index is 11.6. The molecule has 0 spiro atoms. The first kappa shape index (κ1) is 15.6. The first-order chi connectivity index (χ1) is 10.5. The van der Waals surface area contributed by atoms with Crippen LogP contribution in [0.15, 0.2) is 48.5 Å². The van der Waals surface area contributed by atoms with Crippen molar-refractivity contribution in [3.63, 3.8) is 0 Å². The second-order valence-corrected chi connectivity index (χ2v) is 5.39. The molecule has 0 saturated carbocycles. The van der Waals surface area contributed by atoms with Gasteiger partial charge in [0.25, 0.3) is 0 Å². The zero-order valence-corrected chi connectivity index (χ0v) is 12.7. The van der Waals surface area contributed by atoms with E-state index in [1.165, 1.54) is 0 Å². The minimum atomic E-state index is -0.847. The van der Waals surface area contributed by atoms with Crippen LogP contribution in [0.5, 0.6) is 0 Å². The lowest BCUT2D eigenvalue weighted by Crippen LogP contribution is -2.16. The van der Waals surface area contributed by atoms with E-state index in [2.05, 4.69) is 6.07 Å². The topological polar surface area (TPSA) is 64.3 Å². The van der Waals surface area contributed by atoms with Gasteiger partial charge in [0.2, 0.25) is 0 Å². The number of benzene rings is 2. The average molecular weight is 294 g/mol. The zero-order valence-electron chi connectivity index (χ0n) is 12.7. The molecule has 0 fully saturated rings. The molecule has 2 rings (SSSR count). The van der Waals surface area contributed by atoms with Crippen LogP contribution in [0.1, 0.15) is 22.6 Å². The molecule has 2 aromatic carbocycles. The smallest absolute Gasteiger partial charge is 0.311 e. The SMILES string of the molecule is CN(C)c1cccc(C(Cc2ccc(C#N)cc2)C(=O)O)c1. The van der Waals surface area contributed by atoms with Crippen LogP contribution in [0.2, 0.25) is 0 Å². The summed E-state index contributed by atoms with van der Waals surface area (Å²) in [4.78, 5) is 13.6. The third-order valence-corrected chi connectivity index (χ3v) is 3.61. The summed E-state index contributed by atoms with van der Waals surface area (Å²) in [5, 5.41) is 18.4. The summed E-state index contributed by atoms with van der Waals surface area (Å²) in [5.74, 6) is -1.45. The van der Waals surface area contributed by atoms with Crippen LogP contribution >= 0.6 is 0 Å². The van der Waals surface area contributed by atoms with E-state index >= 15 is 0 Å². The van der Waals surface area contributed by atoms with Gasteiger partial charge in [-0.15, -0.1) is 0 Å². The van der Waals surface area contributed by atoms with Gasteiger partial charge < -0.3 is 10.0 Å². The molecule has 1 atom stereocenters. The molecule has 0 radical (unpaired) electrons. The molecule has 0 aliphatic heterocycles. The van der Waals surface area contributed by atoms with Gasteiger partial charge in [0.1, 0.15) is 0 Å². The molecule has 4 nitrogen and oxygen atoms in total. The molecule has 0 saturated heterocycles. The Bertz CT molecular complexity index is 700. The number of hydrogen-bond acceptors (Lipinski definition) is 3. The summed E-state index contributed by atoms with van der Waals surface area (Å²) in [6, 6.07) is 16.7. The molecule has 0 aliphatic rings. The molecule has 1 N–H and O–H groups in total. The number of anilines is 1. The van der Waals surface area contributed by atoms with Crippen molar-refractivity contribution in [2.75, 3.05) is 19.0 Å². The number of nitriles is 1. The van der Waals surface area contributed by atoms with Crippen LogP contribution in [0.3, 0.4) is 0 Å². The Hall–Kier alpha value is -2.80. The lowest BCUT2D eigenvalue weighted by Gasteiger charge is -2.17. The van der Waals surface area contributed by atoms with Crippen LogP contribution in [0.25, 0.3) is 0 Å². The maximum absolute atomic E-state index is 11.6. The monoisotopic (exact) mass is 294 g/mol. The Morgan fingerprint density at radius 3 is 2.45 bits per heavy atom. The van der Waals surface area contributed by atoms with Crippen LogP contribution < -0.4 is 4.90 Å². The molecular formula is C18H18N2O2. The van der Waals surface area contributed by atoms with Crippen molar-refractivity contribution in [2.45, 2.75) is 12.3 Å². The lowest BCUT2D eigenvalue weighted by atomic mass is 9.91. The van der Waals surface area contributed by atoms with Crippen LogP contribution in [0.4, 0.5) is 5.69 Å². The summed E-state index contributed by atoms with van der Waals surface area (Å²) in [5.41, 5.74) is 3.23. The number of aliphatic carboxylic acids is 1. The predicted octanol–water partition coefficient (Wildman–Crippen LogP) is 3.04.